The molecule has 10 aromatic carbocycles. The fourth-order valence-electron chi connectivity index (χ4n) is 15.2. The third-order valence-electron chi connectivity index (χ3n) is 22.0. The van der Waals surface area contributed by atoms with E-state index in [1.54, 1.807) is 284 Å². The summed E-state index contributed by atoms with van der Waals surface area (Å²) in [4.78, 5) is 123. The van der Waals surface area contributed by atoms with E-state index in [1.807, 2.05) is 74.8 Å². The zero-order valence-electron chi connectivity index (χ0n) is 75.6. The maximum absolute atomic E-state index is 14.4. The van der Waals surface area contributed by atoms with Gasteiger partial charge in [0.05, 0.1) is 71.7 Å². The summed E-state index contributed by atoms with van der Waals surface area (Å²) in [5, 5.41) is 6.18. The molecule has 10 aromatic heterocycles. The molecule has 0 aliphatic carbocycles. The van der Waals surface area contributed by atoms with Gasteiger partial charge < -0.3 is 16.4 Å². The molecule has 20 aromatic rings. The van der Waals surface area contributed by atoms with Crippen LogP contribution >= 0.6 is 0 Å². The van der Waals surface area contributed by atoms with E-state index >= 15 is 0 Å². The molecule has 20 rings (SSSR count). The first-order valence-corrected chi connectivity index (χ1v) is 43.5. The molecule has 0 saturated carbocycles. The van der Waals surface area contributed by atoms with Crippen LogP contribution in [0.25, 0.3) is 160 Å². The molecule has 0 spiro atoms. The number of nitrogens with two attached hydrogens (primary N) is 1. The minimum atomic E-state index is -0.567. The van der Waals surface area contributed by atoms with Crippen molar-refractivity contribution in [2.75, 3.05) is 36.0 Å². The number of nitrogen functional groups attached to an aromatic ring is 1. The van der Waals surface area contributed by atoms with Crippen LogP contribution in [0.15, 0.2) is 414 Å². The molecule has 0 bridgehead atoms. The monoisotopic (exact) mass is 1880 g/mol. The second-order valence-corrected chi connectivity index (χ2v) is 30.9. The van der Waals surface area contributed by atoms with Crippen LogP contribution in [-0.4, -0.2) is 86.8 Å². The van der Waals surface area contributed by atoms with Gasteiger partial charge in [0.1, 0.15) is 17.5 Å². The lowest BCUT2D eigenvalue weighted by molar-refractivity contribution is 0.617. The summed E-state index contributed by atoms with van der Waals surface area (Å²) < 4.78 is 61.8. The second kappa shape index (κ2) is 44.6. The van der Waals surface area contributed by atoms with Crippen molar-refractivity contribution in [1.82, 2.24) is 72.7 Å². The number of nitrogens with one attached hydrogen (secondary N) is 3. The number of aromatic nitrogens is 15. The molecule has 143 heavy (non-hydrogen) atoms. The molecule has 0 fully saturated rings. The zero-order chi connectivity index (χ0) is 99.8. The highest BCUT2D eigenvalue weighted by atomic mass is 19.1. The summed E-state index contributed by atoms with van der Waals surface area (Å²) in [6.45, 7) is 29.8. The van der Waals surface area contributed by atoms with Gasteiger partial charge in [0.25, 0.3) is 27.8 Å². The second-order valence-electron chi connectivity index (χ2n) is 30.9. The first-order chi connectivity index (χ1) is 69.8. The van der Waals surface area contributed by atoms with E-state index in [1.165, 1.54) is 74.4 Å². The van der Waals surface area contributed by atoms with Crippen LogP contribution in [0.4, 0.5) is 63.2 Å². The third-order valence-corrected chi connectivity index (χ3v) is 22.0. The van der Waals surface area contributed by atoms with Gasteiger partial charge in [-0.1, -0.05) is 140 Å². The number of para-hydroxylation sites is 4. The van der Waals surface area contributed by atoms with Crippen molar-refractivity contribution in [3.8, 4) is 141 Å². The van der Waals surface area contributed by atoms with Crippen LogP contribution in [0.1, 0.15) is 0 Å². The number of hydrogen-bond acceptors (Lipinski definition) is 19. The number of pyridine rings is 5. The van der Waals surface area contributed by atoms with Crippen LogP contribution in [0, 0.1) is 43.7 Å². The van der Waals surface area contributed by atoms with Crippen LogP contribution in [-0.2, 0) is 0 Å². The van der Waals surface area contributed by atoms with Crippen molar-refractivity contribution >= 4 is 45.5 Å². The zero-order valence-corrected chi connectivity index (χ0v) is 75.6. The predicted molar refractivity (Wildman–Crippen MR) is 546 cm³/mol. The number of rotatable bonds is 18. The van der Waals surface area contributed by atoms with Crippen LogP contribution in [0.5, 0.6) is 0 Å². The molecule has 0 aliphatic heterocycles. The molecule has 0 atom stereocenters. The molecule has 10 heterocycles. The summed E-state index contributed by atoms with van der Waals surface area (Å²) in [5.41, 5.74) is 18.8. The fourth-order valence-corrected chi connectivity index (χ4v) is 15.2. The summed E-state index contributed by atoms with van der Waals surface area (Å²) in [6.07, 6.45) is 24.4. The van der Waals surface area contributed by atoms with Gasteiger partial charge in [0.2, 0.25) is 0 Å². The molecule has 0 saturated heterocycles. The number of benzene rings is 10. The summed E-state index contributed by atoms with van der Waals surface area (Å²) in [5.74, 6) is 0.703. The van der Waals surface area contributed by atoms with Gasteiger partial charge >= 0.3 is 0 Å². The molecule has 28 nitrogen and oxygen atoms in total. The Hall–Kier alpha value is -20.8. The highest BCUT2D eigenvalue weighted by Gasteiger charge is 2.24. The smallest absolute Gasteiger partial charge is 0.263 e. The van der Waals surface area contributed by atoms with Gasteiger partial charge in [0.15, 0.2) is 51.9 Å². The minimum Gasteiger partial charge on any atom is -0.396 e. The normalized spacial score (nSPS) is 10.4. The van der Waals surface area contributed by atoms with E-state index in [4.69, 9.17) is 32.0 Å². The molecular weight excluding hydrogens is 1810 g/mol. The van der Waals surface area contributed by atoms with Crippen molar-refractivity contribution in [2.24, 2.45) is 0 Å². The summed E-state index contributed by atoms with van der Waals surface area (Å²) >= 11 is 0. The Morgan fingerprint density at radius 3 is 0.783 bits per heavy atom. The molecule has 0 aliphatic rings. The molecule has 32 heteroatoms. The molecule has 0 radical (unpaired) electrons. The Kier molecular flexibility index (Phi) is 29.7. The SMILES string of the molecule is CNc1cccc(-n2cc(-c3ncccn3)cc(-c3ccccc3[N+]#[11C-])c2=O)c1.O=c1c(-c2ccccc2F)cc(-c2ncccn2)cn1-c1cccc(N[18F])c1.[11C-]#[N+]c1ccccc1-c1cc(-c2ncccn2)cn(-c2ccc(F)c(N)c2)c1=O.[11C-]#[N+]c1ccccc1-c1cc(-c2ncccn2)cn(-c2cccc(F)c2)c1=O.[C-]#[N+]c1ccccc1-c1cc(-c2ncccn2)cn(-c2cccc(N[11CH3])c2)c1=O. The van der Waals surface area contributed by atoms with Gasteiger partial charge in [-0.05, 0) is 180 Å². The lowest BCUT2D eigenvalue weighted by atomic mass is 10.0. The van der Waals surface area contributed by atoms with E-state index in [0.29, 0.717) is 153 Å². The van der Waals surface area contributed by atoms with Crippen molar-refractivity contribution in [2.45, 2.75) is 0 Å². The van der Waals surface area contributed by atoms with Crippen LogP contribution < -0.4 is 49.7 Å². The Bertz CT molecular complexity index is 8430. The Balaban J connectivity index is 0.000000128. The summed E-state index contributed by atoms with van der Waals surface area (Å²) in [7, 11) is 3.65. The van der Waals surface area contributed by atoms with E-state index in [0.717, 1.165) is 11.4 Å². The number of halogens is 4. The average Bonchev–Trinajstić information content (AvgIpc) is 0.796. The quantitative estimate of drug-likeness (QED) is 0.0268. The van der Waals surface area contributed by atoms with Crippen molar-refractivity contribution < 1.29 is 17.7 Å². The van der Waals surface area contributed by atoms with Gasteiger partial charge in [-0.2, -0.15) is 0 Å². The number of hydrogen-bond donors (Lipinski definition) is 4. The Morgan fingerprint density at radius 1 is 0.259 bits per heavy atom. The van der Waals surface area contributed by atoms with Gasteiger partial charge in [-0.15, -0.1) is 4.48 Å². The molecule has 0 unspecified atom stereocenters. The van der Waals surface area contributed by atoms with E-state index < -0.39 is 23.0 Å². The molecule has 692 valence electrons. The largest absolute Gasteiger partial charge is 0.396 e. The lowest BCUT2D eigenvalue weighted by Crippen LogP contribution is -2.20. The van der Waals surface area contributed by atoms with Crippen LogP contribution in [0.2, 0.25) is 0 Å². The van der Waals surface area contributed by atoms with Crippen molar-refractivity contribution in [3.05, 3.63) is 505 Å². The number of nitrogens with zero attached hydrogens (tertiary/aromatic N) is 19. The third kappa shape index (κ3) is 21.8. The van der Waals surface area contributed by atoms with Gasteiger partial charge in [0, 0.05) is 174 Å². The van der Waals surface area contributed by atoms with E-state index in [9.17, 15) is 41.6 Å². The Morgan fingerprint density at radius 2 is 0.510 bits per heavy atom. The standard InChI is InChI=1S/2C23H17N5O.C22H14FN5O.C22H13FN4O.C21H14F2N4O/c2*1-24-17-7-5-8-18(14-17)28-15-16(22-26-11-6-12-27-22)13-20(23(28)29)19-9-3-4-10-21(19)25-2;1-25-20-6-3-2-5-16(20)17-11-14(21-26-9-4-10-27-21)13-28(22(17)29)15-7-8-18(23)19(24)12-15;1-24-20-9-3-2-8-18(20)19-12-15(21-25-10-5-11-26-21)14-27(22(19)28)17-7-4-6-16(23)13-17;22-19-8-2-1-7-17(19)18-11-14(20-24-9-4-10-25-20)13-27(21(18)28)16-6-3-5-15(12-16)26-23/h2*3-15,24H,1H3;2-13H,24H2;2-14H;1-13,26H/i2-1;3*1-1;23-1. The average molecular weight is 1880 g/mol. The van der Waals surface area contributed by atoms with Gasteiger partial charge in [-0.25, -0.2) is 87.9 Å². The number of anilines is 4. The topological polar surface area (TPSA) is 318 Å². The summed E-state index contributed by atoms with van der Waals surface area (Å²) in [6, 6.07) is 82.1. The maximum atomic E-state index is 14.4. The molecular formula is C111H75F4N23O5. The Labute approximate surface area is 813 Å². The fraction of sp³-hybridized carbons (Fsp3) is 0.0180. The highest BCUT2D eigenvalue weighted by molar-refractivity contribution is 5.85. The molecule has 5 N–H and O–H groups in total. The minimum absolute atomic E-state index is 0.0705. The van der Waals surface area contributed by atoms with Gasteiger partial charge in [-0.3, -0.25) is 46.8 Å². The lowest BCUT2D eigenvalue weighted by Gasteiger charge is -2.13. The van der Waals surface area contributed by atoms with E-state index in [-0.39, 0.29) is 44.7 Å². The van der Waals surface area contributed by atoms with E-state index in [2.05, 4.69) is 79.9 Å². The van der Waals surface area contributed by atoms with Crippen molar-refractivity contribution in [1.29, 1.82) is 0 Å². The highest BCUT2D eigenvalue weighted by Crippen LogP contribution is 2.37. The maximum Gasteiger partial charge on any atom is 0.263 e. The van der Waals surface area contributed by atoms with Crippen molar-refractivity contribution in [3.63, 3.8) is 0 Å². The van der Waals surface area contributed by atoms with Crippen LogP contribution in [0.3, 0.4) is 0 Å². The first kappa shape index (κ1) is 95.4. The predicted octanol–water partition coefficient (Wildman–Crippen LogP) is 22.4. The first-order valence-electron chi connectivity index (χ1n) is 43.5. The molecule has 0 amide bonds.